The van der Waals surface area contributed by atoms with Crippen molar-refractivity contribution in [3.8, 4) is 0 Å². The predicted molar refractivity (Wildman–Crippen MR) is 87.3 cm³/mol. The molecule has 2 nitrogen and oxygen atoms in total. The van der Waals surface area contributed by atoms with Crippen LogP contribution in [0.2, 0.25) is 5.02 Å². The highest BCUT2D eigenvalue weighted by atomic mass is 35.5. The van der Waals surface area contributed by atoms with Crippen molar-refractivity contribution in [3.05, 3.63) is 34.6 Å². The van der Waals surface area contributed by atoms with Crippen LogP contribution in [0.3, 0.4) is 0 Å². The van der Waals surface area contributed by atoms with Gasteiger partial charge in [-0.1, -0.05) is 31.0 Å². The number of benzene rings is 1. The first-order valence-electron chi connectivity index (χ1n) is 7.99. The lowest BCUT2D eigenvalue weighted by Crippen LogP contribution is -2.35. The van der Waals surface area contributed by atoms with Gasteiger partial charge in [0, 0.05) is 6.04 Å². The van der Waals surface area contributed by atoms with Gasteiger partial charge < -0.3 is 5.32 Å². The Balaban J connectivity index is 2.20. The second kappa shape index (κ2) is 8.11. The largest absolute Gasteiger partial charge is 0.316 e. The maximum Gasteiger partial charge on any atom is 0.141 e. The molecule has 1 saturated heterocycles. The summed E-state index contributed by atoms with van der Waals surface area (Å²) in [6.45, 7) is 5.34. The van der Waals surface area contributed by atoms with E-state index in [0.717, 1.165) is 31.6 Å². The van der Waals surface area contributed by atoms with Crippen LogP contribution < -0.4 is 5.32 Å². The number of hydrogen-bond donors (Lipinski definition) is 1. The first-order valence-corrected chi connectivity index (χ1v) is 8.37. The number of nitrogens with one attached hydrogen (secondary N) is 1. The van der Waals surface area contributed by atoms with Crippen LogP contribution >= 0.6 is 11.6 Å². The van der Waals surface area contributed by atoms with Crippen molar-refractivity contribution < 1.29 is 4.39 Å². The van der Waals surface area contributed by atoms with Gasteiger partial charge in [0.1, 0.15) is 5.82 Å². The van der Waals surface area contributed by atoms with E-state index in [-0.39, 0.29) is 10.8 Å². The second-order valence-electron chi connectivity index (χ2n) is 6.06. The number of likely N-dealkylation sites (tertiary alicyclic amines) is 1. The van der Waals surface area contributed by atoms with E-state index in [2.05, 4.69) is 24.2 Å². The molecule has 2 unspecified atom stereocenters. The van der Waals surface area contributed by atoms with E-state index < -0.39 is 0 Å². The smallest absolute Gasteiger partial charge is 0.141 e. The Morgan fingerprint density at radius 1 is 1.38 bits per heavy atom. The molecule has 1 heterocycles. The van der Waals surface area contributed by atoms with Gasteiger partial charge in [-0.05, 0) is 69.6 Å². The molecule has 1 aliphatic rings. The fraction of sp³-hybridized carbons (Fsp3) is 0.647. The molecule has 0 aliphatic carbocycles. The van der Waals surface area contributed by atoms with Crippen LogP contribution in [-0.2, 0) is 0 Å². The number of halogens is 2. The van der Waals surface area contributed by atoms with Crippen LogP contribution in [0.4, 0.5) is 4.39 Å². The predicted octanol–water partition coefficient (Wildman–Crippen LogP) is 4.25. The maximum atomic E-state index is 13.4. The minimum atomic E-state index is -0.336. The number of nitrogens with zero attached hydrogens (tertiary/aromatic N) is 1. The van der Waals surface area contributed by atoms with Crippen molar-refractivity contribution in [2.75, 3.05) is 26.7 Å². The van der Waals surface area contributed by atoms with Crippen LogP contribution in [0.5, 0.6) is 0 Å². The summed E-state index contributed by atoms with van der Waals surface area (Å²) in [5.74, 6) is 0.211. The third-order valence-corrected chi connectivity index (χ3v) is 4.67. The van der Waals surface area contributed by atoms with E-state index in [1.807, 2.05) is 6.07 Å². The van der Waals surface area contributed by atoms with Gasteiger partial charge in [-0.25, -0.2) is 4.39 Å². The highest BCUT2D eigenvalue weighted by Crippen LogP contribution is 2.35. The fourth-order valence-electron chi connectivity index (χ4n) is 3.33. The van der Waals surface area contributed by atoms with Crippen molar-refractivity contribution in [2.45, 2.75) is 38.6 Å². The van der Waals surface area contributed by atoms with Crippen molar-refractivity contribution in [1.29, 1.82) is 0 Å². The van der Waals surface area contributed by atoms with Crippen LogP contribution in [0.15, 0.2) is 18.2 Å². The molecule has 1 aromatic rings. The molecule has 0 amide bonds. The van der Waals surface area contributed by atoms with Crippen molar-refractivity contribution in [2.24, 2.45) is 5.92 Å². The van der Waals surface area contributed by atoms with Crippen molar-refractivity contribution in [3.63, 3.8) is 0 Å². The Hall–Kier alpha value is -0.640. The third-order valence-electron chi connectivity index (χ3n) is 4.38. The van der Waals surface area contributed by atoms with Crippen LogP contribution in [0.25, 0.3) is 0 Å². The van der Waals surface area contributed by atoms with Crippen LogP contribution in [-0.4, -0.2) is 31.6 Å². The summed E-state index contributed by atoms with van der Waals surface area (Å²) in [4.78, 5) is 2.40. The summed E-state index contributed by atoms with van der Waals surface area (Å²) >= 11 is 5.99. The molecule has 1 fully saturated rings. The standard InChI is InChI=1S/C17H26ClFN2/c1-3-9-20-12-14-6-4-5-10-21(2)17(14)13-7-8-16(19)15(18)11-13/h7-8,11,14,17,20H,3-6,9-10,12H2,1-2H3. The van der Waals surface area contributed by atoms with Crippen molar-refractivity contribution in [1.82, 2.24) is 10.2 Å². The third kappa shape index (κ3) is 4.41. The Labute approximate surface area is 132 Å². The van der Waals surface area contributed by atoms with Gasteiger partial charge in [-0.15, -0.1) is 0 Å². The molecule has 2 atom stereocenters. The maximum absolute atomic E-state index is 13.4. The van der Waals surface area contributed by atoms with Crippen molar-refractivity contribution >= 4 is 11.6 Å². The molecule has 1 aromatic carbocycles. The Morgan fingerprint density at radius 3 is 2.90 bits per heavy atom. The molecule has 1 aliphatic heterocycles. The molecule has 0 bridgehead atoms. The summed E-state index contributed by atoms with van der Waals surface area (Å²) in [7, 11) is 2.17. The van der Waals surface area contributed by atoms with Gasteiger partial charge >= 0.3 is 0 Å². The normalized spacial score (nSPS) is 24.0. The fourth-order valence-corrected chi connectivity index (χ4v) is 3.51. The summed E-state index contributed by atoms with van der Waals surface area (Å²) in [6.07, 6.45) is 4.84. The minimum absolute atomic E-state index is 0.227. The zero-order valence-electron chi connectivity index (χ0n) is 13.0. The minimum Gasteiger partial charge on any atom is -0.316 e. The highest BCUT2D eigenvalue weighted by molar-refractivity contribution is 6.30. The molecule has 118 valence electrons. The molecule has 0 saturated carbocycles. The average Bonchev–Trinajstić information content (AvgIpc) is 2.64. The van der Waals surface area contributed by atoms with Crippen LogP contribution in [0, 0.1) is 11.7 Å². The van der Waals surface area contributed by atoms with Gasteiger partial charge in [0.15, 0.2) is 0 Å². The lowest BCUT2D eigenvalue weighted by molar-refractivity contribution is 0.189. The van der Waals surface area contributed by atoms with E-state index in [1.165, 1.54) is 25.3 Å². The average molecular weight is 313 g/mol. The zero-order chi connectivity index (χ0) is 15.2. The van der Waals surface area contributed by atoms with Gasteiger partial charge in [-0.2, -0.15) is 0 Å². The molecule has 21 heavy (non-hydrogen) atoms. The van der Waals surface area contributed by atoms with E-state index in [9.17, 15) is 4.39 Å². The molecular weight excluding hydrogens is 287 g/mol. The van der Waals surface area contributed by atoms with E-state index in [1.54, 1.807) is 6.07 Å². The quantitative estimate of drug-likeness (QED) is 0.818. The van der Waals surface area contributed by atoms with E-state index in [4.69, 9.17) is 11.6 Å². The van der Waals surface area contributed by atoms with Gasteiger partial charge in [0.2, 0.25) is 0 Å². The second-order valence-corrected chi connectivity index (χ2v) is 6.47. The molecule has 2 rings (SSSR count). The summed E-state index contributed by atoms with van der Waals surface area (Å²) in [6, 6.07) is 5.50. The monoisotopic (exact) mass is 312 g/mol. The topological polar surface area (TPSA) is 15.3 Å². The van der Waals surface area contributed by atoms with E-state index >= 15 is 0 Å². The van der Waals surface area contributed by atoms with Gasteiger partial charge in [0.25, 0.3) is 0 Å². The molecule has 0 radical (unpaired) electrons. The Morgan fingerprint density at radius 2 is 2.19 bits per heavy atom. The van der Waals surface area contributed by atoms with E-state index in [0.29, 0.717) is 12.0 Å². The Kier molecular flexibility index (Phi) is 6.46. The SMILES string of the molecule is CCCNCC1CCCCN(C)C1c1ccc(F)c(Cl)c1. The molecule has 0 spiro atoms. The number of rotatable bonds is 5. The summed E-state index contributed by atoms with van der Waals surface area (Å²) in [5, 5.41) is 3.77. The molecule has 0 aromatic heterocycles. The highest BCUT2D eigenvalue weighted by Gasteiger charge is 2.29. The first-order chi connectivity index (χ1) is 10.1. The lowest BCUT2D eigenvalue weighted by Gasteiger charge is -2.33. The van der Waals surface area contributed by atoms with Gasteiger partial charge in [-0.3, -0.25) is 4.90 Å². The molecule has 1 N–H and O–H groups in total. The number of hydrogen-bond acceptors (Lipinski definition) is 2. The van der Waals surface area contributed by atoms with Gasteiger partial charge in [0.05, 0.1) is 5.02 Å². The van der Waals surface area contributed by atoms with Crippen LogP contribution in [0.1, 0.15) is 44.2 Å². The zero-order valence-corrected chi connectivity index (χ0v) is 13.8. The first kappa shape index (κ1) is 16.7. The Bertz CT molecular complexity index is 452. The molecular formula is C17H26ClFN2. The summed E-state index contributed by atoms with van der Waals surface area (Å²) in [5.41, 5.74) is 1.13. The summed E-state index contributed by atoms with van der Waals surface area (Å²) < 4.78 is 13.4. The lowest BCUT2D eigenvalue weighted by atomic mass is 9.89. The molecule has 4 heteroatoms.